The maximum Gasteiger partial charge on any atom is 0.410 e. The minimum atomic E-state index is -0.932. The Morgan fingerprint density at radius 1 is 1.00 bits per heavy atom. The quantitative estimate of drug-likeness (QED) is 0.529. The van der Waals surface area contributed by atoms with Crippen molar-refractivity contribution in [2.75, 3.05) is 23.0 Å². The molecule has 0 radical (unpaired) electrons. The summed E-state index contributed by atoms with van der Waals surface area (Å²) in [6, 6.07) is 11.7. The number of carbonyl (C=O) groups is 3. The molecule has 196 valence electrons. The number of benzene rings is 2. The molecule has 8 heteroatoms. The second-order valence-electron chi connectivity index (χ2n) is 10.1. The molecule has 2 aromatic rings. The van der Waals surface area contributed by atoms with E-state index < -0.39 is 29.9 Å². The summed E-state index contributed by atoms with van der Waals surface area (Å²) in [5.41, 5.74) is 1.84. The third-order valence-electron chi connectivity index (χ3n) is 7.77. The number of nitrogens with zero attached hydrogens (tertiary/aromatic N) is 3. The zero-order valence-corrected chi connectivity index (χ0v) is 21.3. The topological polar surface area (TPSA) is 70.2 Å². The lowest BCUT2D eigenvalue weighted by molar-refractivity contribution is -0.128. The molecule has 1 saturated heterocycles. The zero-order valence-electron chi connectivity index (χ0n) is 21.3. The van der Waals surface area contributed by atoms with Crippen LogP contribution in [-0.2, 0) is 14.3 Å². The predicted molar refractivity (Wildman–Crippen MR) is 139 cm³/mol. The lowest BCUT2D eigenvalue weighted by Crippen LogP contribution is -2.55. The Balaban J connectivity index is 1.58. The Labute approximate surface area is 217 Å². The molecular formula is C29H34FN3O4. The summed E-state index contributed by atoms with van der Waals surface area (Å²) in [7, 11) is 0. The highest BCUT2D eigenvalue weighted by Gasteiger charge is 2.48. The van der Waals surface area contributed by atoms with Crippen LogP contribution in [0.1, 0.15) is 69.9 Å². The van der Waals surface area contributed by atoms with Gasteiger partial charge in [0, 0.05) is 29.5 Å². The third kappa shape index (κ3) is 4.81. The molecule has 0 unspecified atom stereocenters. The molecule has 37 heavy (non-hydrogen) atoms. The number of hydrogen-bond acceptors (Lipinski definition) is 4. The predicted octanol–water partition coefficient (Wildman–Crippen LogP) is 5.59. The molecule has 5 rings (SSSR count). The van der Waals surface area contributed by atoms with Crippen LogP contribution in [0.25, 0.3) is 0 Å². The highest BCUT2D eigenvalue weighted by molar-refractivity contribution is 6.12. The molecule has 0 N–H and O–H groups in total. The lowest BCUT2D eigenvalue weighted by atomic mass is 9.94. The molecule has 2 fully saturated rings. The van der Waals surface area contributed by atoms with Crippen molar-refractivity contribution in [3.8, 4) is 0 Å². The Morgan fingerprint density at radius 3 is 2.51 bits per heavy atom. The van der Waals surface area contributed by atoms with Gasteiger partial charge in [-0.15, -0.1) is 0 Å². The Kier molecular flexibility index (Phi) is 7.44. The van der Waals surface area contributed by atoms with Crippen LogP contribution in [0.5, 0.6) is 0 Å². The van der Waals surface area contributed by atoms with Crippen molar-refractivity contribution in [3.63, 3.8) is 0 Å². The fraction of sp³-hybridized carbons (Fsp3) is 0.483. The van der Waals surface area contributed by atoms with Gasteiger partial charge in [0.1, 0.15) is 17.9 Å². The fourth-order valence-corrected chi connectivity index (χ4v) is 6.09. The zero-order chi connectivity index (χ0) is 25.9. The number of anilines is 2. The van der Waals surface area contributed by atoms with Crippen LogP contribution in [0, 0.1) is 5.82 Å². The van der Waals surface area contributed by atoms with Crippen LogP contribution in [0.15, 0.2) is 48.5 Å². The van der Waals surface area contributed by atoms with Gasteiger partial charge in [-0.05, 0) is 63.3 Å². The summed E-state index contributed by atoms with van der Waals surface area (Å²) in [6.07, 6.45) is 6.56. The van der Waals surface area contributed by atoms with E-state index in [1.54, 1.807) is 19.1 Å². The van der Waals surface area contributed by atoms with Gasteiger partial charge in [-0.2, -0.15) is 0 Å². The van der Waals surface area contributed by atoms with E-state index >= 15 is 0 Å². The van der Waals surface area contributed by atoms with Gasteiger partial charge in [0.15, 0.2) is 0 Å². The van der Waals surface area contributed by atoms with Crippen molar-refractivity contribution in [3.05, 3.63) is 59.9 Å². The maximum atomic E-state index is 14.5. The first kappa shape index (κ1) is 25.2. The number of amides is 3. The van der Waals surface area contributed by atoms with E-state index in [4.69, 9.17) is 4.74 Å². The van der Waals surface area contributed by atoms with Gasteiger partial charge in [-0.3, -0.25) is 19.4 Å². The minimum Gasteiger partial charge on any atom is -0.450 e. The summed E-state index contributed by atoms with van der Waals surface area (Å²) in [6.45, 7) is 2.33. The number of para-hydroxylation sites is 1. The van der Waals surface area contributed by atoms with Crippen LogP contribution < -0.4 is 9.80 Å². The summed E-state index contributed by atoms with van der Waals surface area (Å²) >= 11 is 0. The molecule has 0 bridgehead atoms. The van der Waals surface area contributed by atoms with Crippen molar-refractivity contribution < 1.29 is 23.5 Å². The summed E-state index contributed by atoms with van der Waals surface area (Å²) in [4.78, 5) is 46.1. The van der Waals surface area contributed by atoms with Crippen molar-refractivity contribution in [2.24, 2.45) is 0 Å². The first-order valence-electron chi connectivity index (χ1n) is 13.4. The van der Waals surface area contributed by atoms with E-state index in [-0.39, 0.29) is 18.6 Å². The molecule has 1 saturated carbocycles. The summed E-state index contributed by atoms with van der Waals surface area (Å²) < 4.78 is 19.7. The number of hydrogen-bond donors (Lipinski definition) is 0. The van der Waals surface area contributed by atoms with Crippen LogP contribution in [0.3, 0.4) is 0 Å². The highest BCUT2D eigenvalue weighted by Crippen LogP contribution is 2.45. The molecule has 7 nitrogen and oxygen atoms in total. The van der Waals surface area contributed by atoms with Gasteiger partial charge >= 0.3 is 6.09 Å². The molecule has 2 atom stereocenters. The fourth-order valence-electron chi connectivity index (χ4n) is 6.09. The molecule has 0 aromatic heterocycles. The standard InChI is InChI=1S/C29H34FN3O4/c1-2-37-29(36)31-18-9-8-17-25(31)27(34)33(22-14-10-11-20(30)19-22)26-23-15-6-7-16-24(23)32(28(26)35)21-12-4-3-5-13-21/h6-7,10-11,14-16,19,21,25-26H,2-5,8-9,12-13,17-18H2,1H3/t25-,26-/m0/s1. The van der Waals surface area contributed by atoms with E-state index in [0.29, 0.717) is 18.7 Å². The number of ether oxygens (including phenoxy) is 1. The van der Waals surface area contributed by atoms with Crippen LogP contribution in [0.4, 0.5) is 20.6 Å². The molecule has 3 aliphatic rings. The smallest absolute Gasteiger partial charge is 0.410 e. The van der Waals surface area contributed by atoms with Gasteiger partial charge < -0.3 is 9.64 Å². The third-order valence-corrected chi connectivity index (χ3v) is 7.77. The maximum absolute atomic E-state index is 14.5. The number of piperidine rings is 1. The Bertz CT molecular complexity index is 1170. The van der Waals surface area contributed by atoms with E-state index in [2.05, 4.69) is 0 Å². The van der Waals surface area contributed by atoms with Gasteiger partial charge in [0.2, 0.25) is 0 Å². The first-order valence-corrected chi connectivity index (χ1v) is 13.4. The van der Waals surface area contributed by atoms with Crippen LogP contribution in [0.2, 0.25) is 0 Å². The van der Waals surface area contributed by atoms with Crippen molar-refractivity contribution in [2.45, 2.75) is 76.4 Å². The average molecular weight is 508 g/mol. The molecule has 2 aromatic carbocycles. The monoisotopic (exact) mass is 507 g/mol. The summed E-state index contributed by atoms with van der Waals surface area (Å²) in [5.74, 6) is -1.06. The average Bonchev–Trinajstić information content (AvgIpc) is 3.21. The van der Waals surface area contributed by atoms with Gasteiger partial charge in [0.05, 0.1) is 6.61 Å². The van der Waals surface area contributed by atoms with Gasteiger partial charge in [-0.25, -0.2) is 9.18 Å². The number of carbonyl (C=O) groups excluding carboxylic acids is 3. The molecule has 3 amide bonds. The van der Waals surface area contributed by atoms with E-state index in [1.165, 1.54) is 21.9 Å². The molecule has 1 aliphatic carbocycles. The van der Waals surface area contributed by atoms with Crippen molar-refractivity contribution >= 4 is 29.3 Å². The van der Waals surface area contributed by atoms with Gasteiger partial charge in [-0.1, -0.05) is 43.5 Å². The van der Waals surface area contributed by atoms with Crippen molar-refractivity contribution in [1.82, 2.24) is 4.90 Å². The van der Waals surface area contributed by atoms with E-state index in [0.717, 1.165) is 56.2 Å². The lowest BCUT2D eigenvalue weighted by Gasteiger charge is -2.39. The van der Waals surface area contributed by atoms with Gasteiger partial charge in [0.25, 0.3) is 11.8 Å². The van der Waals surface area contributed by atoms with Crippen molar-refractivity contribution in [1.29, 1.82) is 0 Å². The molecule has 2 aliphatic heterocycles. The first-order chi connectivity index (χ1) is 18.0. The number of halogens is 1. The molecular weight excluding hydrogens is 473 g/mol. The minimum absolute atomic E-state index is 0.0718. The van der Waals surface area contributed by atoms with Crippen LogP contribution >= 0.6 is 0 Å². The SMILES string of the molecule is CCOC(=O)N1CCCC[C@H]1C(=O)N(c1cccc(F)c1)[C@@H]1C(=O)N(C2CCCCC2)c2ccccc21. The largest absolute Gasteiger partial charge is 0.450 e. The second kappa shape index (κ2) is 10.9. The normalized spacial score (nSPS) is 22.1. The Hall–Kier alpha value is -3.42. The number of likely N-dealkylation sites (tertiary alicyclic amines) is 1. The van der Waals surface area contributed by atoms with E-state index in [9.17, 15) is 18.8 Å². The highest BCUT2D eigenvalue weighted by atomic mass is 19.1. The molecule has 2 heterocycles. The molecule has 0 spiro atoms. The number of fused-ring (bicyclic) bond motifs is 1. The second-order valence-corrected chi connectivity index (χ2v) is 10.1. The number of rotatable bonds is 5. The van der Waals surface area contributed by atoms with E-state index in [1.807, 2.05) is 29.2 Å². The Morgan fingerprint density at radius 2 is 1.76 bits per heavy atom. The van der Waals surface area contributed by atoms with Crippen LogP contribution in [-0.4, -0.2) is 48.0 Å². The summed E-state index contributed by atoms with van der Waals surface area (Å²) in [5, 5.41) is 0.